The third-order valence-electron chi connectivity index (χ3n) is 4.63. The second-order valence-electron chi connectivity index (χ2n) is 6.67. The summed E-state index contributed by atoms with van der Waals surface area (Å²) in [5.41, 5.74) is 1.93. The fourth-order valence-corrected chi connectivity index (χ4v) is 3.36. The molecule has 0 bridgehead atoms. The van der Waals surface area contributed by atoms with Crippen LogP contribution in [0.1, 0.15) is 30.1 Å². The number of anilines is 2. The van der Waals surface area contributed by atoms with Crippen molar-refractivity contribution >= 4 is 39.1 Å². The van der Waals surface area contributed by atoms with E-state index in [1.807, 2.05) is 0 Å². The van der Waals surface area contributed by atoms with Crippen LogP contribution in [0.3, 0.4) is 0 Å². The molecule has 0 aromatic heterocycles. The Morgan fingerprint density at radius 1 is 1.25 bits per heavy atom. The summed E-state index contributed by atoms with van der Waals surface area (Å²) >= 11 is 3.47. The molecule has 148 valence electrons. The van der Waals surface area contributed by atoms with Crippen molar-refractivity contribution in [2.24, 2.45) is 0 Å². The molecule has 1 N–H and O–H groups in total. The van der Waals surface area contributed by atoms with E-state index < -0.39 is 0 Å². The summed E-state index contributed by atoms with van der Waals surface area (Å²) in [5, 5.41) is 2.85. The van der Waals surface area contributed by atoms with Gasteiger partial charge in [0, 0.05) is 37.5 Å². The van der Waals surface area contributed by atoms with Gasteiger partial charge in [0.2, 0.25) is 5.91 Å². The lowest BCUT2D eigenvalue weighted by Gasteiger charge is -2.15. The molecule has 0 spiro atoms. The minimum atomic E-state index is -0.223. The minimum absolute atomic E-state index is 0.0524. The lowest BCUT2D eigenvalue weighted by Crippen LogP contribution is -2.22. The number of nitrogens with one attached hydrogen (secondary N) is 1. The van der Waals surface area contributed by atoms with Gasteiger partial charge in [0.25, 0.3) is 5.91 Å². The maximum absolute atomic E-state index is 12.5. The van der Waals surface area contributed by atoms with E-state index in [-0.39, 0.29) is 17.9 Å². The largest absolute Gasteiger partial charge is 0.490 e. The van der Waals surface area contributed by atoms with Crippen LogP contribution in [0.5, 0.6) is 5.75 Å². The Morgan fingerprint density at radius 2 is 2.00 bits per heavy atom. The molecule has 1 heterocycles. The Hall–Kier alpha value is -2.38. The van der Waals surface area contributed by atoms with Gasteiger partial charge in [0.1, 0.15) is 12.4 Å². The van der Waals surface area contributed by atoms with Crippen LogP contribution in [0.25, 0.3) is 0 Å². The Bertz CT molecular complexity index is 848. The molecule has 7 heteroatoms. The highest BCUT2D eigenvalue weighted by molar-refractivity contribution is 9.10. The zero-order valence-electron chi connectivity index (χ0n) is 15.9. The van der Waals surface area contributed by atoms with Gasteiger partial charge in [0.05, 0.1) is 10.6 Å². The topological polar surface area (TPSA) is 67.9 Å². The van der Waals surface area contributed by atoms with Crippen LogP contribution in [0.15, 0.2) is 46.9 Å². The SMILES string of the molecule is CC(=O)N(C)c1ccc(NC(=O)c2ccc(OC[C@@H]3CCCO3)c(Br)c2)cc1. The van der Waals surface area contributed by atoms with E-state index >= 15 is 0 Å². The third-order valence-corrected chi connectivity index (χ3v) is 5.25. The number of ether oxygens (including phenoxy) is 2. The van der Waals surface area contributed by atoms with Crippen LogP contribution in [0, 0.1) is 0 Å². The molecule has 3 rings (SSSR count). The molecule has 1 fully saturated rings. The smallest absolute Gasteiger partial charge is 0.255 e. The van der Waals surface area contributed by atoms with Crippen molar-refractivity contribution in [2.75, 3.05) is 30.5 Å². The Kier molecular flexibility index (Phi) is 6.70. The molecule has 2 aromatic rings. The molecule has 1 aliphatic rings. The van der Waals surface area contributed by atoms with Crippen molar-refractivity contribution in [2.45, 2.75) is 25.9 Å². The average Bonchev–Trinajstić information content (AvgIpc) is 3.20. The average molecular weight is 447 g/mol. The molecule has 0 radical (unpaired) electrons. The van der Waals surface area contributed by atoms with Gasteiger partial charge >= 0.3 is 0 Å². The molecule has 0 saturated carbocycles. The standard InChI is InChI=1S/C21H23BrN2O4/c1-14(25)24(2)17-8-6-16(7-9-17)23-21(26)15-5-10-20(19(22)12-15)28-13-18-4-3-11-27-18/h5-10,12,18H,3-4,11,13H2,1-2H3,(H,23,26)/t18-/m0/s1. The second-order valence-corrected chi connectivity index (χ2v) is 7.52. The van der Waals surface area contributed by atoms with Crippen LogP contribution in [-0.4, -0.2) is 38.2 Å². The summed E-state index contributed by atoms with van der Waals surface area (Å²) in [6.07, 6.45) is 2.22. The van der Waals surface area contributed by atoms with Gasteiger partial charge < -0.3 is 19.7 Å². The number of amides is 2. The van der Waals surface area contributed by atoms with E-state index in [0.29, 0.717) is 23.6 Å². The number of rotatable bonds is 6. The van der Waals surface area contributed by atoms with E-state index in [0.717, 1.165) is 29.6 Å². The molecule has 0 unspecified atom stereocenters. The van der Waals surface area contributed by atoms with Crippen LogP contribution < -0.4 is 15.0 Å². The van der Waals surface area contributed by atoms with Crippen molar-refractivity contribution in [1.29, 1.82) is 0 Å². The van der Waals surface area contributed by atoms with E-state index in [1.54, 1.807) is 49.5 Å². The van der Waals surface area contributed by atoms with E-state index in [1.165, 1.54) is 11.8 Å². The molecule has 2 amide bonds. The van der Waals surface area contributed by atoms with Gasteiger partial charge in [0.15, 0.2) is 0 Å². The summed E-state index contributed by atoms with van der Waals surface area (Å²) in [6, 6.07) is 12.3. The third kappa shape index (κ3) is 5.11. The number of carbonyl (C=O) groups excluding carboxylic acids is 2. The molecular weight excluding hydrogens is 424 g/mol. The summed E-state index contributed by atoms with van der Waals surface area (Å²) in [4.78, 5) is 25.5. The zero-order valence-corrected chi connectivity index (χ0v) is 17.5. The van der Waals surface area contributed by atoms with Crippen molar-refractivity contribution in [3.63, 3.8) is 0 Å². The molecule has 0 aliphatic carbocycles. The molecule has 1 aliphatic heterocycles. The number of halogens is 1. The van der Waals surface area contributed by atoms with Crippen LogP contribution >= 0.6 is 15.9 Å². The minimum Gasteiger partial charge on any atom is -0.490 e. The molecule has 1 atom stereocenters. The first-order valence-electron chi connectivity index (χ1n) is 9.13. The molecule has 28 heavy (non-hydrogen) atoms. The highest BCUT2D eigenvalue weighted by Gasteiger charge is 2.17. The molecule has 2 aromatic carbocycles. The summed E-state index contributed by atoms with van der Waals surface area (Å²) in [7, 11) is 1.70. The lowest BCUT2D eigenvalue weighted by atomic mass is 10.2. The van der Waals surface area contributed by atoms with Gasteiger partial charge in [-0.15, -0.1) is 0 Å². The van der Waals surface area contributed by atoms with Gasteiger partial charge in [-0.2, -0.15) is 0 Å². The summed E-state index contributed by atoms with van der Waals surface area (Å²) in [5.74, 6) is 0.408. The highest BCUT2D eigenvalue weighted by atomic mass is 79.9. The van der Waals surface area contributed by atoms with Gasteiger partial charge in [-0.05, 0) is 71.2 Å². The van der Waals surface area contributed by atoms with Crippen molar-refractivity contribution in [1.82, 2.24) is 0 Å². The molecule has 6 nitrogen and oxygen atoms in total. The Morgan fingerprint density at radius 3 is 2.61 bits per heavy atom. The second kappa shape index (κ2) is 9.21. The number of nitrogens with zero attached hydrogens (tertiary/aromatic N) is 1. The van der Waals surface area contributed by atoms with Gasteiger partial charge in [-0.1, -0.05) is 0 Å². The van der Waals surface area contributed by atoms with E-state index in [4.69, 9.17) is 9.47 Å². The molecular formula is C21H23BrN2O4. The predicted molar refractivity (Wildman–Crippen MR) is 112 cm³/mol. The van der Waals surface area contributed by atoms with E-state index in [2.05, 4.69) is 21.2 Å². The van der Waals surface area contributed by atoms with Crippen LogP contribution in [0.4, 0.5) is 11.4 Å². The fourth-order valence-electron chi connectivity index (χ4n) is 2.87. The first kappa shape index (κ1) is 20.4. The monoisotopic (exact) mass is 446 g/mol. The van der Waals surface area contributed by atoms with Gasteiger partial charge in [-0.25, -0.2) is 0 Å². The number of hydrogen-bond acceptors (Lipinski definition) is 4. The number of hydrogen-bond donors (Lipinski definition) is 1. The van der Waals surface area contributed by atoms with Crippen LogP contribution in [0.2, 0.25) is 0 Å². The predicted octanol–water partition coefficient (Wildman–Crippen LogP) is 4.24. The Labute approximate surface area is 172 Å². The van der Waals surface area contributed by atoms with Gasteiger partial charge in [-0.3, -0.25) is 9.59 Å². The summed E-state index contributed by atoms with van der Waals surface area (Å²) < 4.78 is 12.1. The first-order valence-corrected chi connectivity index (χ1v) is 9.93. The number of benzene rings is 2. The number of carbonyl (C=O) groups is 2. The quantitative estimate of drug-likeness (QED) is 0.720. The van der Waals surface area contributed by atoms with Crippen molar-refractivity contribution < 1.29 is 19.1 Å². The lowest BCUT2D eigenvalue weighted by molar-refractivity contribution is -0.116. The maximum Gasteiger partial charge on any atom is 0.255 e. The van der Waals surface area contributed by atoms with Crippen molar-refractivity contribution in [3.8, 4) is 5.75 Å². The first-order chi connectivity index (χ1) is 13.4. The zero-order chi connectivity index (χ0) is 20.1. The maximum atomic E-state index is 12.5. The summed E-state index contributed by atoms with van der Waals surface area (Å²) in [6.45, 7) is 2.80. The normalized spacial score (nSPS) is 15.9. The Balaban J connectivity index is 1.60. The highest BCUT2D eigenvalue weighted by Crippen LogP contribution is 2.27. The van der Waals surface area contributed by atoms with Crippen LogP contribution in [-0.2, 0) is 9.53 Å². The fraction of sp³-hybridized carbons (Fsp3) is 0.333. The van der Waals surface area contributed by atoms with Crippen molar-refractivity contribution in [3.05, 3.63) is 52.5 Å². The van der Waals surface area contributed by atoms with E-state index in [9.17, 15) is 9.59 Å². The molecule has 1 saturated heterocycles.